The number of hydrogen-bond donors (Lipinski definition) is 6. The summed E-state index contributed by atoms with van der Waals surface area (Å²) in [5.74, 6) is 0. The predicted octanol–water partition coefficient (Wildman–Crippen LogP) is -2.27. The Kier molecular flexibility index (Phi) is 7.13. The zero-order valence-corrected chi connectivity index (χ0v) is 10.5. The Morgan fingerprint density at radius 2 is 1.05 bits per heavy atom. The highest BCUT2D eigenvalue weighted by atomic mass is 16.6. The van der Waals surface area contributed by atoms with Gasteiger partial charge in [0.15, 0.2) is 0 Å². The summed E-state index contributed by atoms with van der Waals surface area (Å²) in [5, 5.41) is 53.4. The summed E-state index contributed by atoms with van der Waals surface area (Å²) in [7, 11) is -3.90. The van der Waals surface area contributed by atoms with E-state index in [0.717, 1.165) is 0 Å². The Hall–Kier alpha value is -0.970. The summed E-state index contributed by atoms with van der Waals surface area (Å²) < 4.78 is 8.87. The maximum Gasteiger partial charge on any atom is 0.634 e. The van der Waals surface area contributed by atoms with Crippen LogP contribution in [0.2, 0.25) is 0 Å². The van der Waals surface area contributed by atoms with Crippen molar-refractivity contribution in [3.05, 3.63) is 35.4 Å². The molecular formula is C10H16B2O8. The van der Waals surface area contributed by atoms with E-state index >= 15 is 0 Å². The van der Waals surface area contributed by atoms with Gasteiger partial charge in [-0.3, -0.25) is 0 Å². The molecule has 8 nitrogen and oxygen atoms in total. The van der Waals surface area contributed by atoms with Gasteiger partial charge in [0.1, 0.15) is 12.2 Å². The van der Waals surface area contributed by atoms with Gasteiger partial charge in [0.2, 0.25) is 0 Å². The van der Waals surface area contributed by atoms with Crippen LogP contribution in [0.4, 0.5) is 0 Å². The van der Waals surface area contributed by atoms with E-state index in [1.807, 2.05) is 0 Å². The number of aliphatic hydroxyl groups excluding tert-OH is 2. The molecule has 0 amide bonds. The van der Waals surface area contributed by atoms with Crippen molar-refractivity contribution in [2.75, 3.05) is 13.2 Å². The zero-order chi connectivity index (χ0) is 15.1. The Balaban J connectivity index is 2.54. The topological polar surface area (TPSA) is 140 Å². The molecule has 0 radical (unpaired) electrons. The number of hydrogen-bond acceptors (Lipinski definition) is 8. The minimum absolute atomic E-state index is 0.292. The van der Waals surface area contributed by atoms with Crippen molar-refractivity contribution in [1.82, 2.24) is 0 Å². The Morgan fingerprint density at radius 1 is 0.750 bits per heavy atom. The van der Waals surface area contributed by atoms with Crippen molar-refractivity contribution in [2.45, 2.75) is 12.2 Å². The number of aliphatic hydroxyl groups is 2. The van der Waals surface area contributed by atoms with E-state index in [9.17, 15) is 10.2 Å². The predicted molar refractivity (Wildman–Crippen MR) is 68.6 cm³/mol. The molecule has 0 aromatic heterocycles. The monoisotopic (exact) mass is 286 g/mol. The van der Waals surface area contributed by atoms with Crippen LogP contribution in [-0.4, -0.2) is 58.2 Å². The standard InChI is InChI=1S/C10H16B2O8/c13-9(5-19-11(15)16)7-1-2-8(4-3-7)10(14)6-20-12(17)18/h1-4,9-10,13-18H,5-6H2. The number of rotatable bonds is 8. The lowest BCUT2D eigenvalue weighted by molar-refractivity contribution is 0.0745. The Morgan fingerprint density at radius 3 is 1.30 bits per heavy atom. The lowest BCUT2D eigenvalue weighted by atomic mass is 10.0. The van der Waals surface area contributed by atoms with E-state index in [2.05, 4.69) is 9.31 Å². The van der Waals surface area contributed by atoms with Crippen LogP contribution in [0, 0.1) is 0 Å². The third kappa shape index (κ3) is 5.99. The van der Waals surface area contributed by atoms with Crippen molar-refractivity contribution in [3.63, 3.8) is 0 Å². The summed E-state index contributed by atoms with van der Waals surface area (Å²) in [6.45, 7) is -0.585. The lowest BCUT2D eigenvalue weighted by Gasteiger charge is -2.14. The molecule has 0 heterocycles. The molecule has 20 heavy (non-hydrogen) atoms. The van der Waals surface area contributed by atoms with Crippen LogP contribution < -0.4 is 0 Å². The van der Waals surface area contributed by atoms with Crippen molar-refractivity contribution in [3.8, 4) is 0 Å². The lowest BCUT2D eigenvalue weighted by Crippen LogP contribution is -2.21. The molecule has 10 heteroatoms. The van der Waals surface area contributed by atoms with Crippen LogP contribution >= 0.6 is 0 Å². The minimum atomic E-state index is -1.95. The number of benzene rings is 1. The van der Waals surface area contributed by atoms with Crippen LogP contribution in [0.5, 0.6) is 0 Å². The SMILES string of the molecule is OB(O)OCC(O)c1ccc(C(O)COB(O)O)cc1. The fourth-order valence-corrected chi connectivity index (χ4v) is 1.49. The van der Waals surface area contributed by atoms with Crippen molar-refractivity contribution < 1.29 is 39.6 Å². The Bertz CT molecular complexity index is 348. The Labute approximate surface area is 116 Å². The molecule has 1 aromatic rings. The first-order valence-electron chi connectivity index (χ1n) is 5.81. The van der Waals surface area contributed by atoms with Crippen molar-refractivity contribution in [2.24, 2.45) is 0 Å². The molecule has 0 aliphatic rings. The largest absolute Gasteiger partial charge is 0.634 e. The van der Waals surface area contributed by atoms with E-state index in [1.54, 1.807) is 0 Å². The van der Waals surface area contributed by atoms with Gasteiger partial charge in [-0.05, 0) is 11.1 Å². The van der Waals surface area contributed by atoms with Gasteiger partial charge >= 0.3 is 14.6 Å². The van der Waals surface area contributed by atoms with Crippen molar-refractivity contribution >= 4 is 14.6 Å². The fourth-order valence-electron chi connectivity index (χ4n) is 1.49. The molecular weight excluding hydrogens is 270 g/mol. The van der Waals surface area contributed by atoms with Crippen LogP contribution in [0.1, 0.15) is 23.3 Å². The quantitative estimate of drug-likeness (QED) is 0.294. The zero-order valence-electron chi connectivity index (χ0n) is 10.5. The summed E-state index contributed by atoms with van der Waals surface area (Å²) in [6, 6.07) is 6.08. The minimum Gasteiger partial charge on any atom is -0.402 e. The second kappa shape index (κ2) is 8.35. The van der Waals surface area contributed by atoms with E-state index < -0.39 is 26.9 Å². The van der Waals surface area contributed by atoms with Gasteiger partial charge in [-0.15, -0.1) is 0 Å². The molecule has 0 aliphatic heterocycles. The molecule has 110 valence electrons. The highest BCUT2D eigenvalue weighted by Gasteiger charge is 2.16. The van der Waals surface area contributed by atoms with Crippen LogP contribution in [0.3, 0.4) is 0 Å². The molecule has 0 saturated heterocycles. The molecule has 2 unspecified atom stereocenters. The average molecular weight is 286 g/mol. The molecule has 0 saturated carbocycles. The van der Waals surface area contributed by atoms with Crippen LogP contribution in [0.25, 0.3) is 0 Å². The first kappa shape index (κ1) is 17.1. The summed E-state index contributed by atoms with van der Waals surface area (Å²) >= 11 is 0. The molecule has 1 aromatic carbocycles. The second-order valence-corrected chi connectivity index (χ2v) is 4.02. The van der Waals surface area contributed by atoms with Gasteiger partial charge < -0.3 is 39.6 Å². The first-order valence-corrected chi connectivity index (χ1v) is 5.81. The highest BCUT2D eigenvalue weighted by Crippen LogP contribution is 2.18. The normalized spacial score (nSPS) is 13.9. The second-order valence-electron chi connectivity index (χ2n) is 4.02. The van der Waals surface area contributed by atoms with Gasteiger partial charge in [-0.1, -0.05) is 24.3 Å². The third-order valence-electron chi connectivity index (χ3n) is 2.51. The summed E-state index contributed by atoms with van der Waals surface area (Å²) in [5.41, 5.74) is 0.925. The highest BCUT2D eigenvalue weighted by molar-refractivity contribution is 6.32. The van der Waals surface area contributed by atoms with E-state index in [-0.39, 0.29) is 13.2 Å². The summed E-state index contributed by atoms with van der Waals surface area (Å²) in [6.07, 6.45) is -2.09. The van der Waals surface area contributed by atoms with Gasteiger partial charge in [-0.25, -0.2) is 0 Å². The van der Waals surface area contributed by atoms with E-state index in [1.165, 1.54) is 24.3 Å². The van der Waals surface area contributed by atoms with Crippen molar-refractivity contribution in [1.29, 1.82) is 0 Å². The molecule has 0 spiro atoms. The molecule has 0 aliphatic carbocycles. The van der Waals surface area contributed by atoms with Crippen LogP contribution in [-0.2, 0) is 9.31 Å². The van der Waals surface area contributed by atoms with Gasteiger partial charge in [0.05, 0.1) is 13.2 Å². The molecule has 0 bridgehead atoms. The van der Waals surface area contributed by atoms with Gasteiger partial charge in [0.25, 0.3) is 0 Å². The maximum atomic E-state index is 9.67. The van der Waals surface area contributed by atoms with E-state index in [4.69, 9.17) is 20.1 Å². The molecule has 0 fully saturated rings. The average Bonchev–Trinajstić information content (AvgIpc) is 2.42. The third-order valence-corrected chi connectivity index (χ3v) is 2.51. The fraction of sp³-hybridized carbons (Fsp3) is 0.400. The van der Waals surface area contributed by atoms with Crippen LogP contribution in [0.15, 0.2) is 24.3 Å². The van der Waals surface area contributed by atoms with Gasteiger partial charge in [0, 0.05) is 0 Å². The van der Waals surface area contributed by atoms with Gasteiger partial charge in [-0.2, -0.15) is 0 Å². The molecule has 2 atom stereocenters. The molecule has 6 N–H and O–H groups in total. The maximum absolute atomic E-state index is 9.67. The smallest absolute Gasteiger partial charge is 0.402 e. The first-order chi connectivity index (χ1) is 9.40. The molecule has 1 rings (SSSR count). The summed E-state index contributed by atoms with van der Waals surface area (Å²) in [4.78, 5) is 0. The van der Waals surface area contributed by atoms with E-state index in [0.29, 0.717) is 11.1 Å².